The molecule has 3 aromatic carbocycles. The van der Waals surface area contributed by atoms with Crippen LogP contribution in [-0.2, 0) is 22.6 Å². The van der Waals surface area contributed by atoms with Crippen LogP contribution in [0.25, 0.3) is 22.2 Å². The van der Waals surface area contributed by atoms with Crippen LogP contribution in [0, 0.1) is 6.92 Å². The van der Waals surface area contributed by atoms with Crippen LogP contribution in [0.15, 0.2) is 59.5 Å². The summed E-state index contributed by atoms with van der Waals surface area (Å²) >= 11 is 0. The number of amides is 1. The Labute approximate surface area is 210 Å². The van der Waals surface area contributed by atoms with Gasteiger partial charge in [0.2, 0.25) is 0 Å². The molecule has 0 aliphatic carbocycles. The first-order chi connectivity index (χ1) is 17.4. The molecule has 192 valence electrons. The fraction of sp³-hybridized carbons (Fsp3) is 0.231. The standard InChI is InChI=1S/C26H22F3N3O4S/c1-15-30-21-6-3-17(13-22(21)31-15)16-4-7-23-19(11-16)14-32(9-10-36-23)25(33)18-5-8-24(37(2,34)35)20(12-18)26(27,28)29/h3-8,11-13H,9-10,14H2,1-2H3,(H,30,31). The third-order valence-electron chi connectivity index (χ3n) is 6.19. The number of ether oxygens (including phenoxy) is 1. The number of imidazole rings is 1. The lowest BCUT2D eigenvalue weighted by atomic mass is 10.0. The van der Waals surface area contributed by atoms with Crippen LogP contribution in [0.4, 0.5) is 13.2 Å². The maximum atomic E-state index is 13.6. The molecule has 1 aromatic heterocycles. The van der Waals surface area contributed by atoms with E-state index in [1.54, 1.807) is 0 Å². The highest BCUT2D eigenvalue weighted by atomic mass is 32.2. The van der Waals surface area contributed by atoms with E-state index >= 15 is 0 Å². The molecule has 0 bridgehead atoms. The molecule has 0 saturated heterocycles. The maximum absolute atomic E-state index is 13.6. The lowest BCUT2D eigenvalue weighted by molar-refractivity contribution is -0.139. The Morgan fingerprint density at radius 1 is 1.05 bits per heavy atom. The van der Waals surface area contributed by atoms with Crippen molar-refractivity contribution < 1.29 is 31.1 Å². The average Bonchev–Trinajstić information content (AvgIpc) is 3.07. The molecule has 2 heterocycles. The highest BCUT2D eigenvalue weighted by molar-refractivity contribution is 7.90. The predicted octanol–water partition coefficient (Wildman–Crippen LogP) is 5.00. The maximum Gasteiger partial charge on any atom is 0.417 e. The lowest BCUT2D eigenvalue weighted by Crippen LogP contribution is -2.32. The molecule has 1 amide bonds. The van der Waals surface area contributed by atoms with Crippen LogP contribution in [-0.4, -0.2) is 48.6 Å². The van der Waals surface area contributed by atoms with E-state index in [9.17, 15) is 26.4 Å². The predicted molar refractivity (Wildman–Crippen MR) is 131 cm³/mol. The number of alkyl halides is 3. The summed E-state index contributed by atoms with van der Waals surface area (Å²) in [6.07, 6.45) is -4.24. The number of fused-ring (bicyclic) bond motifs is 2. The highest BCUT2D eigenvalue weighted by Gasteiger charge is 2.37. The third-order valence-corrected chi connectivity index (χ3v) is 7.35. The number of aromatic nitrogens is 2. The van der Waals surface area contributed by atoms with Gasteiger partial charge in [0.1, 0.15) is 18.2 Å². The van der Waals surface area contributed by atoms with E-state index in [-0.39, 0.29) is 25.3 Å². The fourth-order valence-corrected chi connectivity index (χ4v) is 5.34. The molecular weight excluding hydrogens is 507 g/mol. The summed E-state index contributed by atoms with van der Waals surface area (Å²) in [5, 5.41) is 0. The van der Waals surface area contributed by atoms with Gasteiger partial charge < -0.3 is 14.6 Å². The van der Waals surface area contributed by atoms with Gasteiger partial charge in [0.25, 0.3) is 5.91 Å². The van der Waals surface area contributed by atoms with Crippen LogP contribution in [0.1, 0.15) is 27.3 Å². The van der Waals surface area contributed by atoms with Crippen molar-refractivity contribution in [3.8, 4) is 16.9 Å². The minimum absolute atomic E-state index is 0.114. The van der Waals surface area contributed by atoms with Crippen molar-refractivity contribution in [1.82, 2.24) is 14.9 Å². The molecule has 1 aliphatic rings. The van der Waals surface area contributed by atoms with Gasteiger partial charge in [-0.15, -0.1) is 0 Å². The Morgan fingerprint density at radius 2 is 1.78 bits per heavy atom. The number of carbonyl (C=O) groups excluding carboxylic acids is 1. The van der Waals surface area contributed by atoms with Crippen molar-refractivity contribution in [2.75, 3.05) is 19.4 Å². The largest absolute Gasteiger partial charge is 0.491 e. The first kappa shape index (κ1) is 24.8. The number of hydrogen-bond acceptors (Lipinski definition) is 5. The summed E-state index contributed by atoms with van der Waals surface area (Å²) in [6.45, 7) is 2.29. The molecule has 0 spiro atoms. The second-order valence-corrected chi connectivity index (χ2v) is 10.9. The Kier molecular flexibility index (Phi) is 5.98. The van der Waals surface area contributed by atoms with Gasteiger partial charge in [-0.05, 0) is 60.5 Å². The first-order valence-electron chi connectivity index (χ1n) is 11.3. The van der Waals surface area contributed by atoms with Crippen molar-refractivity contribution >= 4 is 26.8 Å². The normalized spacial score (nSPS) is 14.2. The summed E-state index contributed by atoms with van der Waals surface area (Å²) in [4.78, 5) is 21.4. The number of aryl methyl sites for hydroxylation is 1. The lowest BCUT2D eigenvalue weighted by Gasteiger charge is -2.21. The SMILES string of the molecule is Cc1nc2ccc(-c3ccc4c(c3)CN(C(=O)c3ccc(S(C)(=O)=O)c(C(F)(F)F)c3)CCO4)cc2[nH]1. The number of halogens is 3. The minimum atomic E-state index is -4.94. The van der Waals surface area contributed by atoms with Gasteiger partial charge in [0.15, 0.2) is 9.84 Å². The summed E-state index contributed by atoms with van der Waals surface area (Å²) < 4.78 is 70.4. The molecule has 37 heavy (non-hydrogen) atoms. The fourth-order valence-electron chi connectivity index (χ4n) is 4.45. The molecule has 1 aliphatic heterocycles. The van der Waals surface area contributed by atoms with Crippen molar-refractivity contribution in [2.45, 2.75) is 24.5 Å². The Bertz CT molecular complexity index is 1640. The number of hydrogen-bond donors (Lipinski definition) is 1. The number of benzene rings is 3. The molecule has 5 rings (SSSR count). The number of carbonyl (C=O) groups is 1. The second kappa shape index (κ2) is 8.91. The number of rotatable bonds is 3. The van der Waals surface area contributed by atoms with E-state index in [0.29, 0.717) is 23.6 Å². The van der Waals surface area contributed by atoms with E-state index in [1.807, 2.05) is 43.3 Å². The minimum Gasteiger partial charge on any atom is -0.491 e. The van der Waals surface area contributed by atoms with Crippen molar-refractivity contribution in [1.29, 1.82) is 0 Å². The first-order valence-corrected chi connectivity index (χ1v) is 13.2. The van der Waals surface area contributed by atoms with Crippen LogP contribution in [0.2, 0.25) is 0 Å². The molecule has 0 atom stereocenters. The average molecular weight is 530 g/mol. The van der Waals surface area contributed by atoms with E-state index in [2.05, 4.69) is 9.97 Å². The van der Waals surface area contributed by atoms with Gasteiger partial charge in [-0.1, -0.05) is 12.1 Å². The van der Waals surface area contributed by atoms with E-state index in [0.717, 1.165) is 40.1 Å². The molecule has 0 fully saturated rings. The third kappa shape index (κ3) is 4.91. The molecule has 7 nitrogen and oxygen atoms in total. The van der Waals surface area contributed by atoms with Gasteiger partial charge in [-0.25, -0.2) is 13.4 Å². The molecule has 0 unspecified atom stereocenters. The molecule has 0 radical (unpaired) electrons. The quantitative estimate of drug-likeness (QED) is 0.404. The summed E-state index contributed by atoms with van der Waals surface area (Å²) in [5.41, 5.74) is 2.62. The van der Waals surface area contributed by atoms with Crippen LogP contribution < -0.4 is 4.74 Å². The smallest absolute Gasteiger partial charge is 0.417 e. The molecule has 11 heteroatoms. The zero-order chi connectivity index (χ0) is 26.5. The zero-order valence-corrected chi connectivity index (χ0v) is 20.7. The number of nitrogens with zero attached hydrogens (tertiary/aromatic N) is 2. The molecule has 0 saturated carbocycles. The zero-order valence-electron chi connectivity index (χ0n) is 19.9. The van der Waals surface area contributed by atoms with Gasteiger partial charge in [0.05, 0.1) is 28.0 Å². The van der Waals surface area contributed by atoms with Crippen LogP contribution >= 0.6 is 0 Å². The number of H-pyrrole nitrogens is 1. The highest BCUT2D eigenvalue weighted by Crippen LogP contribution is 2.36. The summed E-state index contributed by atoms with van der Waals surface area (Å²) in [5.74, 6) is 0.734. The van der Waals surface area contributed by atoms with E-state index in [4.69, 9.17) is 4.74 Å². The topological polar surface area (TPSA) is 92.4 Å². The van der Waals surface area contributed by atoms with Gasteiger partial charge in [0, 0.05) is 23.9 Å². The van der Waals surface area contributed by atoms with E-state index < -0.39 is 32.4 Å². The Hall–Kier alpha value is -3.86. The van der Waals surface area contributed by atoms with Crippen molar-refractivity contribution in [2.24, 2.45) is 0 Å². The van der Waals surface area contributed by atoms with E-state index in [1.165, 1.54) is 4.90 Å². The van der Waals surface area contributed by atoms with Gasteiger partial charge >= 0.3 is 6.18 Å². The second-order valence-electron chi connectivity index (χ2n) is 8.93. The van der Waals surface area contributed by atoms with Gasteiger partial charge in [-0.2, -0.15) is 13.2 Å². The Morgan fingerprint density at radius 3 is 2.51 bits per heavy atom. The molecule has 1 N–H and O–H groups in total. The Balaban J connectivity index is 1.47. The summed E-state index contributed by atoms with van der Waals surface area (Å²) in [6, 6.07) is 14.0. The van der Waals surface area contributed by atoms with Crippen LogP contribution in [0.5, 0.6) is 5.75 Å². The number of nitrogens with one attached hydrogen (secondary N) is 1. The van der Waals surface area contributed by atoms with Crippen LogP contribution in [0.3, 0.4) is 0 Å². The number of aromatic amines is 1. The summed E-state index contributed by atoms with van der Waals surface area (Å²) in [7, 11) is -4.14. The van der Waals surface area contributed by atoms with Crippen molar-refractivity contribution in [3.05, 3.63) is 77.1 Å². The number of sulfone groups is 1. The monoisotopic (exact) mass is 529 g/mol. The molecule has 4 aromatic rings. The van der Waals surface area contributed by atoms with Gasteiger partial charge in [-0.3, -0.25) is 4.79 Å². The van der Waals surface area contributed by atoms with Crippen molar-refractivity contribution in [3.63, 3.8) is 0 Å². The molecular formula is C26H22F3N3O4S.